The molecule has 6 rings (SSSR count). The third-order valence-corrected chi connectivity index (χ3v) is 9.96. The normalized spacial score (nSPS) is 16.8. The number of thiazole rings is 1. The van der Waals surface area contributed by atoms with Crippen molar-refractivity contribution in [1.82, 2.24) is 28.6 Å². The minimum atomic E-state index is -3.64. The van der Waals surface area contributed by atoms with E-state index in [2.05, 4.69) is 20.3 Å². The number of rotatable bonds is 6. The number of hydrogen-bond acceptors (Lipinski definition) is 9. The Bertz CT molecular complexity index is 1730. The van der Waals surface area contributed by atoms with E-state index in [0.29, 0.717) is 58.3 Å². The molecule has 0 unspecified atom stereocenters. The predicted octanol–water partition coefficient (Wildman–Crippen LogP) is 4.53. The van der Waals surface area contributed by atoms with Crippen molar-refractivity contribution in [3.05, 3.63) is 65.5 Å². The van der Waals surface area contributed by atoms with E-state index in [4.69, 9.17) is 9.40 Å². The van der Waals surface area contributed by atoms with E-state index in [9.17, 15) is 12.8 Å². The number of oxazole rings is 1. The van der Waals surface area contributed by atoms with Crippen LogP contribution in [0.4, 0.5) is 10.3 Å². The fourth-order valence-electron chi connectivity index (χ4n) is 4.73. The quantitative estimate of drug-likeness (QED) is 0.326. The number of benzene rings is 1. The van der Waals surface area contributed by atoms with Crippen molar-refractivity contribution in [1.29, 1.82) is 0 Å². The number of anilines is 1. The molecular weight excluding hydrogens is 529 g/mol. The molecule has 5 heterocycles. The first kappa shape index (κ1) is 24.6. The first-order chi connectivity index (χ1) is 18.3. The molecule has 38 heavy (non-hydrogen) atoms. The number of halogens is 1. The van der Waals surface area contributed by atoms with Crippen molar-refractivity contribution >= 4 is 33.2 Å². The number of nitrogens with zero attached hydrogens (tertiary/aromatic N) is 6. The zero-order valence-corrected chi connectivity index (χ0v) is 22.3. The fraction of sp³-hybridized carbons (Fsp3) is 0.280. The standard InChI is InChI=1S/C25H24FN7O3S2/c1-15-23(37-16(2)28-15)38(34,35)32-11-3-4-19(14-32)29-24-27-10-9-20(30-24)22-21(17-5-7-18(26)8-6-17)31-25-33(22)12-13-36-25/h5-10,12-13,19H,3-4,11,14H2,1-2H3,(H,27,29,30)/t19-/m1/s1. The summed E-state index contributed by atoms with van der Waals surface area (Å²) < 4.78 is 49.3. The van der Waals surface area contributed by atoms with Gasteiger partial charge in [0.1, 0.15) is 23.5 Å². The van der Waals surface area contributed by atoms with Crippen LogP contribution in [0.3, 0.4) is 0 Å². The summed E-state index contributed by atoms with van der Waals surface area (Å²) in [4.78, 5) is 18.0. The average molecular weight is 554 g/mol. The minimum absolute atomic E-state index is 0.168. The molecule has 1 atom stereocenters. The third-order valence-electron chi connectivity index (χ3n) is 6.43. The van der Waals surface area contributed by atoms with E-state index in [0.717, 1.165) is 17.0 Å². The second kappa shape index (κ2) is 9.57. The molecule has 0 saturated carbocycles. The fourth-order valence-corrected chi connectivity index (χ4v) is 7.87. The summed E-state index contributed by atoms with van der Waals surface area (Å²) in [5.74, 6) is 0.421. The number of nitrogens with one attached hydrogen (secondary N) is 1. The van der Waals surface area contributed by atoms with Crippen LogP contribution in [-0.4, -0.2) is 56.2 Å². The number of piperidine rings is 1. The molecule has 1 saturated heterocycles. The van der Waals surface area contributed by atoms with Gasteiger partial charge in [0, 0.05) is 37.1 Å². The molecule has 0 amide bonds. The molecule has 1 aliphatic rings. The van der Waals surface area contributed by atoms with Gasteiger partial charge in [-0.25, -0.2) is 27.8 Å². The Morgan fingerprint density at radius 2 is 1.95 bits per heavy atom. The van der Waals surface area contributed by atoms with Gasteiger partial charge in [0.2, 0.25) is 5.95 Å². The average Bonchev–Trinajstić information content (AvgIpc) is 3.59. The van der Waals surface area contributed by atoms with E-state index in [1.807, 2.05) is 0 Å². The van der Waals surface area contributed by atoms with Crippen LogP contribution < -0.4 is 5.32 Å². The summed E-state index contributed by atoms with van der Waals surface area (Å²) >= 11 is 1.20. The van der Waals surface area contributed by atoms with Gasteiger partial charge in [0.05, 0.1) is 16.4 Å². The van der Waals surface area contributed by atoms with Gasteiger partial charge in [-0.1, -0.05) is 0 Å². The van der Waals surface area contributed by atoms with Gasteiger partial charge in [-0.15, -0.1) is 11.3 Å². The van der Waals surface area contributed by atoms with Crippen molar-refractivity contribution in [3.8, 4) is 22.6 Å². The lowest BCUT2D eigenvalue weighted by atomic mass is 10.1. The summed E-state index contributed by atoms with van der Waals surface area (Å²) in [6, 6.07) is 7.67. The summed E-state index contributed by atoms with van der Waals surface area (Å²) in [7, 11) is -3.64. The van der Waals surface area contributed by atoms with Crippen LogP contribution in [0.2, 0.25) is 0 Å². The molecule has 1 aromatic carbocycles. The minimum Gasteiger partial charge on any atom is -0.432 e. The van der Waals surface area contributed by atoms with Crippen molar-refractivity contribution in [2.24, 2.45) is 0 Å². The Balaban J connectivity index is 1.28. The number of sulfonamides is 1. The lowest BCUT2D eigenvalue weighted by molar-refractivity contribution is 0.327. The number of hydrogen-bond donors (Lipinski definition) is 1. The summed E-state index contributed by atoms with van der Waals surface area (Å²) in [5.41, 5.74) is 3.11. The predicted molar refractivity (Wildman–Crippen MR) is 141 cm³/mol. The zero-order valence-electron chi connectivity index (χ0n) is 20.6. The van der Waals surface area contributed by atoms with Crippen LogP contribution in [0, 0.1) is 19.7 Å². The van der Waals surface area contributed by atoms with Crippen molar-refractivity contribution in [2.45, 2.75) is 36.9 Å². The molecule has 13 heteroatoms. The molecule has 1 N–H and O–H groups in total. The van der Waals surface area contributed by atoms with Gasteiger partial charge in [0.25, 0.3) is 10.0 Å². The SMILES string of the molecule is Cc1nc(C)c(S(=O)(=O)N2CCC[C@@H](Nc3nccc(-c4c(-c5ccc(F)cc5)nc5occn45)n3)C2)s1. The van der Waals surface area contributed by atoms with Gasteiger partial charge in [-0.05, 0) is 57.0 Å². The molecule has 1 fully saturated rings. The lowest BCUT2D eigenvalue weighted by Gasteiger charge is -2.32. The maximum atomic E-state index is 13.5. The van der Waals surface area contributed by atoms with Crippen LogP contribution in [0.5, 0.6) is 0 Å². The Labute approximate surface area is 222 Å². The van der Waals surface area contributed by atoms with Crippen molar-refractivity contribution in [3.63, 3.8) is 0 Å². The number of aryl methyl sites for hydroxylation is 2. The van der Waals surface area contributed by atoms with Crippen molar-refractivity contribution < 1.29 is 17.2 Å². The summed E-state index contributed by atoms with van der Waals surface area (Å²) in [6.45, 7) is 4.28. The number of fused-ring (bicyclic) bond motifs is 1. The van der Waals surface area contributed by atoms with E-state index < -0.39 is 10.0 Å². The van der Waals surface area contributed by atoms with Crippen LogP contribution in [0.1, 0.15) is 23.5 Å². The Morgan fingerprint density at radius 1 is 1.13 bits per heavy atom. The van der Waals surface area contributed by atoms with Crippen LogP contribution in [-0.2, 0) is 10.0 Å². The molecule has 1 aliphatic heterocycles. The second-order valence-corrected chi connectivity index (χ2v) is 12.4. The highest BCUT2D eigenvalue weighted by Crippen LogP contribution is 2.33. The third kappa shape index (κ3) is 4.46. The molecule has 4 aromatic heterocycles. The molecule has 5 aromatic rings. The van der Waals surface area contributed by atoms with Gasteiger partial charge < -0.3 is 9.73 Å². The Morgan fingerprint density at radius 3 is 2.71 bits per heavy atom. The maximum Gasteiger partial charge on any atom is 0.306 e. The molecular formula is C25H24FN7O3S2. The highest BCUT2D eigenvalue weighted by Gasteiger charge is 2.33. The molecule has 0 bridgehead atoms. The van der Waals surface area contributed by atoms with E-state index in [1.54, 1.807) is 48.8 Å². The second-order valence-electron chi connectivity index (χ2n) is 9.09. The smallest absolute Gasteiger partial charge is 0.306 e. The molecule has 0 spiro atoms. The topological polar surface area (TPSA) is 119 Å². The number of imidazole rings is 1. The largest absolute Gasteiger partial charge is 0.432 e. The Kier molecular flexibility index (Phi) is 6.20. The maximum absolute atomic E-state index is 13.5. The zero-order chi connectivity index (χ0) is 26.4. The first-order valence-corrected chi connectivity index (χ1v) is 14.3. The van der Waals surface area contributed by atoms with Gasteiger partial charge in [0.15, 0.2) is 4.21 Å². The molecule has 0 radical (unpaired) electrons. The van der Waals surface area contributed by atoms with Crippen LogP contribution in [0.15, 0.2) is 57.6 Å². The van der Waals surface area contributed by atoms with Crippen LogP contribution in [0.25, 0.3) is 28.5 Å². The number of aromatic nitrogens is 5. The molecule has 10 nitrogen and oxygen atoms in total. The summed E-state index contributed by atoms with van der Waals surface area (Å²) in [5, 5.41) is 4.05. The van der Waals surface area contributed by atoms with Crippen molar-refractivity contribution in [2.75, 3.05) is 18.4 Å². The van der Waals surface area contributed by atoms with E-state index >= 15 is 0 Å². The highest BCUT2D eigenvalue weighted by atomic mass is 32.2. The molecule has 0 aliphatic carbocycles. The van der Waals surface area contributed by atoms with E-state index in [-0.39, 0.29) is 11.9 Å². The van der Waals surface area contributed by atoms with E-state index in [1.165, 1.54) is 34.0 Å². The first-order valence-electron chi connectivity index (χ1n) is 12.1. The van der Waals surface area contributed by atoms with Gasteiger partial charge in [-0.2, -0.15) is 9.29 Å². The Hall–Kier alpha value is -3.68. The summed E-state index contributed by atoms with van der Waals surface area (Å²) in [6.07, 6.45) is 6.40. The molecule has 196 valence electrons. The van der Waals surface area contributed by atoms with Crippen LogP contribution >= 0.6 is 11.3 Å². The van der Waals surface area contributed by atoms with Gasteiger partial charge >= 0.3 is 5.84 Å². The monoisotopic (exact) mass is 553 g/mol. The lowest BCUT2D eigenvalue weighted by Crippen LogP contribution is -2.45. The van der Waals surface area contributed by atoms with Gasteiger partial charge in [-0.3, -0.25) is 4.40 Å². The highest BCUT2D eigenvalue weighted by molar-refractivity contribution is 7.91.